The van der Waals surface area contributed by atoms with Gasteiger partial charge >= 0.3 is 0 Å². The molecule has 1 atom stereocenters. The minimum Gasteiger partial charge on any atom is -0.360 e. The Labute approximate surface area is 238 Å². The highest BCUT2D eigenvalue weighted by Gasteiger charge is 2.31. The van der Waals surface area contributed by atoms with Crippen molar-refractivity contribution >= 4 is 23.2 Å². The second kappa shape index (κ2) is 11.7. The molecule has 206 valence electrons. The average molecular weight is 556 g/mol. The SMILES string of the molecule is Cc1onc(-c2ccccc2)c1C(=O)N1CCC(c2nc(C(=O)NC3CCN(Cc4ccccc4)C3)cs2)CC1. The Morgan fingerprint density at radius 2 is 1.73 bits per heavy atom. The van der Waals surface area contributed by atoms with Crippen LogP contribution >= 0.6 is 11.3 Å². The molecule has 0 radical (unpaired) electrons. The predicted octanol–water partition coefficient (Wildman–Crippen LogP) is 5.13. The quantitative estimate of drug-likeness (QED) is 0.340. The topological polar surface area (TPSA) is 91.6 Å². The molecule has 2 fully saturated rings. The molecule has 8 nitrogen and oxygen atoms in total. The predicted molar refractivity (Wildman–Crippen MR) is 154 cm³/mol. The fourth-order valence-electron chi connectivity index (χ4n) is 5.68. The van der Waals surface area contributed by atoms with Crippen LogP contribution < -0.4 is 5.32 Å². The van der Waals surface area contributed by atoms with Crippen LogP contribution in [-0.4, -0.2) is 64.0 Å². The second-order valence-corrected chi connectivity index (χ2v) is 11.5. The third-order valence-electron chi connectivity index (χ3n) is 7.87. The number of hydrogen-bond donors (Lipinski definition) is 1. The Bertz CT molecular complexity index is 1460. The number of aromatic nitrogens is 2. The molecule has 2 aromatic heterocycles. The standard InChI is InChI=1S/C31H33N5O3S/c1-21-27(28(34-39-21)23-10-6-3-7-11-23)31(38)36-16-12-24(13-17-36)30-33-26(20-40-30)29(37)32-25-14-15-35(19-25)18-22-8-4-2-5-9-22/h2-11,20,24-25H,12-19H2,1H3,(H,32,37). The number of nitrogens with zero attached hydrogens (tertiary/aromatic N) is 4. The molecule has 4 aromatic rings. The largest absolute Gasteiger partial charge is 0.360 e. The van der Waals surface area contributed by atoms with E-state index in [-0.39, 0.29) is 23.8 Å². The molecule has 40 heavy (non-hydrogen) atoms. The van der Waals surface area contributed by atoms with Crippen LogP contribution in [0, 0.1) is 6.92 Å². The lowest BCUT2D eigenvalue weighted by atomic mass is 9.96. The zero-order chi connectivity index (χ0) is 27.5. The Hall–Kier alpha value is -3.82. The maximum absolute atomic E-state index is 13.5. The highest BCUT2D eigenvalue weighted by molar-refractivity contribution is 7.09. The molecule has 2 amide bonds. The number of carbonyl (C=O) groups excluding carboxylic acids is 2. The van der Waals surface area contributed by atoms with Gasteiger partial charge in [-0.25, -0.2) is 4.98 Å². The van der Waals surface area contributed by atoms with E-state index >= 15 is 0 Å². The molecule has 0 aliphatic carbocycles. The Balaban J connectivity index is 1.02. The summed E-state index contributed by atoms with van der Waals surface area (Å²) in [5.74, 6) is 0.624. The van der Waals surface area contributed by atoms with Crippen LogP contribution in [0.25, 0.3) is 11.3 Å². The molecule has 1 N–H and O–H groups in total. The number of aryl methyl sites for hydroxylation is 1. The lowest BCUT2D eigenvalue weighted by molar-refractivity contribution is 0.0711. The van der Waals surface area contributed by atoms with Gasteiger partial charge in [0.05, 0.1) is 5.01 Å². The minimum absolute atomic E-state index is 0.0480. The number of piperidine rings is 1. The van der Waals surface area contributed by atoms with Crippen molar-refractivity contribution in [2.24, 2.45) is 0 Å². The fourth-order valence-corrected chi connectivity index (χ4v) is 6.65. The third kappa shape index (κ3) is 5.71. The summed E-state index contributed by atoms with van der Waals surface area (Å²) in [4.78, 5) is 35.4. The van der Waals surface area contributed by atoms with Crippen LogP contribution in [0.5, 0.6) is 0 Å². The zero-order valence-corrected chi connectivity index (χ0v) is 23.4. The van der Waals surface area contributed by atoms with Crippen LogP contribution in [0.15, 0.2) is 70.6 Å². The molecule has 2 aliphatic rings. The van der Waals surface area contributed by atoms with Gasteiger partial charge in [0.1, 0.15) is 22.7 Å². The van der Waals surface area contributed by atoms with E-state index in [0.717, 1.165) is 49.5 Å². The van der Waals surface area contributed by atoms with Crippen LogP contribution in [0.1, 0.15) is 62.4 Å². The molecule has 1 unspecified atom stereocenters. The molecule has 9 heteroatoms. The van der Waals surface area contributed by atoms with E-state index in [1.165, 1.54) is 5.56 Å². The number of hydrogen-bond acceptors (Lipinski definition) is 7. The summed E-state index contributed by atoms with van der Waals surface area (Å²) in [6.07, 6.45) is 2.56. The molecule has 2 saturated heterocycles. The number of nitrogens with one attached hydrogen (secondary N) is 1. The number of carbonyl (C=O) groups is 2. The van der Waals surface area contributed by atoms with E-state index in [1.54, 1.807) is 18.3 Å². The second-order valence-electron chi connectivity index (χ2n) is 10.6. The Morgan fingerprint density at radius 3 is 2.48 bits per heavy atom. The molecule has 0 bridgehead atoms. The van der Waals surface area contributed by atoms with Gasteiger partial charge in [-0.1, -0.05) is 65.8 Å². The molecular formula is C31H33N5O3S. The van der Waals surface area contributed by atoms with Gasteiger partial charge in [-0.15, -0.1) is 11.3 Å². The average Bonchev–Trinajstić information content (AvgIpc) is 3.74. The van der Waals surface area contributed by atoms with Crippen molar-refractivity contribution in [3.8, 4) is 11.3 Å². The first-order valence-corrected chi connectivity index (χ1v) is 14.8. The van der Waals surface area contributed by atoms with Crippen LogP contribution in [0.2, 0.25) is 0 Å². The number of thiazole rings is 1. The van der Waals surface area contributed by atoms with Crippen molar-refractivity contribution in [3.63, 3.8) is 0 Å². The molecule has 4 heterocycles. The number of benzene rings is 2. The van der Waals surface area contributed by atoms with Crippen molar-refractivity contribution < 1.29 is 14.1 Å². The first kappa shape index (κ1) is 26.4. The smallest absolute Gasteiger partial charge is 0.271 e. The van der Waals surface area contributed by atoms with Crippen molar-refractivity contribution in [1.82, 2.24) is 25.3 Å². The van der Waals surface area contributed by atoms with Gasteiger partial charge in [0, 0.05) is 55.6 Å². The molecule has 6 rings (SSSR count). The van der Waals surface area contributed by atoms with E-state index in [9.17, 15) is 9.59 Å². The van der Waals surface area contributed by atoms with Gasteiger partial charge in [-0.05, 0) is 31.7 Å². The van der Waals surface area contributed by atoms with Crippen molar-refractivity contribution in [2.45, 2.75) is 44.7 Å². The zero-order valence-electron chi connectivity index (χ0n) is 22.6. The lowest BCUT2D eigenvalue weighted by Crippen LogP contribution is -2.38. The molecule has 2 aliphatic heterocycles. The first-order valence-electron chi connectivity index (χ1n) is 13.9. The molecule has 0 spiro atoms. The van der Waals surface area contributed by atoms with E-state index in [4.69, 9.17) is 9.51 Å². The van der Waals surface area contributed by atoms with Crippen molar-refractivity contribution in [3.05, 3.63) is 93.6 Å². The van der Waals surface area contributed by atoms with E-state index in [2.05, 4.69) is 39.6 Å². The summed E-state index contributed by atoms with van der Waals surface area (Å²) in [6, 6.07) is 20.2. The van der Waals surface area contributed by atoms with Crippen LogP contribution in [0.4, 0.5) is 0 Å². The number of likely N-dealkylation sites (tertiary alicyclic amines) is 2. The van der Waals surface area contributed by atoms with Crippen LogP contribution in [0.3, 0.4) is 0 Å². The summed E-state index contributed by atoms with van der Waals surface area (Å²) >= 11 is 1.54. The highest BCUT2D eigenvalue weighted by atomic mass is 32.1. The third-order valence-corrected chi connectivity index (χ3v) is 8.87. The lowest BCUT2D eigenvalue weighted by Gasteiger charge is -2.31. The maximum atomic E-state index is 13.5. The number of rotatable bonds is 7. The van der Waals surface area contributed by atoms with E-state index in [0.29, 0.717) is 35.8 Å². The van der Waals surface area contributed by atoms with Gasteiger partial charge in [0.2, 0.25) is 0 Å². The van der Waals surface area contributed by atoms with Gasteiger partial charge in [0.25, 0.3) is 11.8 Å². The van der Waals surface area contributed by atoms with Gasteiger partial charge in [-0.2, -0.15) is 0 Å². The maximum Gasteiger partial charge on any atom is 0.271 e. The van der Waals surface area contributed by atoms with Crippen molar-refractivity contribution in [2.75, 3.05) is 26.2 Å². The van der Waals surface area contributed by atoms with Crippen LogP contribution in [-0.2, 0) is 6.54 Å². The summed E-state index contributed by atoms with van der Waals surface area (Å²) in [7, 11) is 0. The van der Waals surface area contributed by atoms with E-state index in [1.807, 2.05) is 46.7 Å². The summed E-state index contributed by atoms with van der Waals surface area (Å²) in [5, 5.41) is 10.2. The Morgan fingerprint density at radius 1 is 1.00 bits per heavy atom. The van der Waals surface area contributed by atoms with E-state index < -0.39 is 0 Å². The summed E-state index contributed by atoms with van der Waals surface area (Å²) in [5.41, 5.74) is 3.78. The highest BCUT2D eigenvalue weighted by Crippen LogP contribution is 2.33. The molecule has 0 saturated carbocycles. The van der Waals surface area contributed by atoms with Gasteiger partial charge in [-0.3, -0.25) is 14.5 Å². The Kier molecular flexibility index (Phi) is 7.75. The summed E-state index contributed by atoms with van der Waals surface area (Å²) < 4.78 is 5.41. The molecular weight excluding hydrogens is 522 g/mol. The first-order chi connectivity index (χ1) is 19.5. The summed E-state index contributed by atoms with van der Waals surface area (Å²) in [6.45, 7) is 5.77. The van der Waals surface area contributed by atoms with Gasteiger partial charge in [0.15, 0.2) is 0 Å². The minimum atomic E-state index is -0.0990. The monoisotopic (exact) mass is 555 g/mol. The van der Waals surface area contributed by atoms with Crippen molar-refractivity contribution in [1.29, 1.82) is 0 Å². The number of amides is 2. The normalized spacial score (nSPS) is 18.2. The molecule has 2 aromatic carbocycles. The fraction of sp³-hybridized carbons (Fsp3) is 0.355. The van der Waals surface area contributed by atoms with Gasteiger partial charge < -0.3 is 14.7 Å².